The summed E-state index contributed by atoms with van der Waals surface area (Å²) >= 11 is 0. The molecule has 0 unspecified atom stereocenters. The molecule has 0 saturated carbocycles. The Morgan fingerprint density at radius 3 is 2.48 bits per heavy atom. The Labute approximate surface area is 122 Å². The molecule has 0 fully saturated rings. The van der Waals surface area contributed by atoms with Gasteiger partial charge in [-0.05, 0) is 35.4 Å². The maximum Gasteiger partial charge on any atom is 0.123 e. The topological polar surface area (TPSA) is 68.3 Å². The van der Waals surface area contributed by atoms with Crippen molar-refractivity contribution in [3.8, 4) is 5.75 Å². The zero-order valence-corrected chi connectivity index (χ0v) is 11.7. The zero-order valence-electron chi connectivity index (χ0n) is 11.7. The minimum atomic E-state index is -0.417. The van der Waals surface area contributed by atoms with Crippen LogP contribution in [0, 0.1) is 11.2 Å². The predicted octanol–water partition coefficient (Wildman–Crippen LogP) is 2.84. The van der Waals surface area contributed by atoms with E-state index in [-0.39, 0.29) is 12.4 Å². The van der Waals surface area contributed by atoms with Crippen molar-refractivity contribution in [3.05, 3.63) is 65.0 Å². The van der Waals surface area contributed by atoms with Gasteiger partial charge in [-0.1, -0.05) is 18.2 Å². The van der Waals surface area contributed by atoms with E-state index in [2.05, 4.69) is 0 Å². The second-order valence-electron chi connectivity index (χ2n) is 4.56. The molecule has 0 spiro atoms. The lowest BCUT2D eigenvalue weighted by molar-refractivity contribution is 0.107. The van der Waals surface area contributed by atoms with Crippen molar-refractivity contribution in [3.63, 3.8) is 0 Å². The maximum absolute atomic E-state index is 13.2. The van der Waals surface area contributed by atoms with E-state index in [0.717, 1.165) is 11.3 Å². The second-order valence-corrected chi connectivity index (χ2v) is 4.56. The van der Waals surface area contributed by atoms with Crippen LogP contribution in [0.15, 0.2) is 42.5 Å². The first kappa shape index (κ1) is 15.0. The Morgan fingerprint density at radius 2 is 1.86 bits per heavy atom. The van der Waals surface area contributed by atoms with Gasteiger partial charge in [0.15, 0.2) is 0 Å². The molecule has 0 atom stereocenters. The average molecular weight is 288 g/mol. The minimum absolute atomic E-state index is 0.169. The fraction of sp³-hybridized carbons (Fsp3) is 0.188. The van der Waals surface area contributed by atoms with E-state index < -0.39 is 5.82 Å². The molecule has 110 valence electrons. The number of benzene rings is 2. The van der Waals surface area contributed by atoms with E-state index in [9.17, 15) is 4.39 Å². The lowest BCUT2D eigenvalue weighted by atomic mass is 10.1. The fourth-order valence-electron chi connectivity index (χ4n) is 1.93. The summed E-state index contributed by atoms with van der Waals surface area (Å²) in [7, 11) is 1.61. The third kappa shape index (κ3) is 4.03. The van der Waals surface area contributed by atoms with Gasteiger partial charge < -0.3 is 15.2 Å². The highest BCUT2D eigenvalue weighted by Crippen LogP contribution is 2.15. The number of nitrogens with one attached hydrogen (secondary N) is 1. The lowest BCUT2D eigenvalue weighted by Crippen LogP contribution is -2.14. The van der Waals surface area contributed by atoms with Crippen LogP contribution in [0.25, 0.3) is 0 Å². The molecule has 0 aromatic heterocycles. The van der Waals surface area contributed by atoms with Crippen LogP contribution >= 0.6 is 0 Å². The molecule has 2 rings (SSSR count). The molecule has 0 aliphatic rings. The molecule has 2 aromatic rings. The summed E-state index contributed by atoms with van der Waals surface area (Å²) < 4.78 is 23.8. The van der Waals surface area contributed by atoms with Crippen LogP contribution in [-0.2, 0) is 18.0 Å². The van der Waals surface area contributed by atoms with Gasteiger partial charge in [-0.2, -0.15) is 0 Å². The summed E-state index contributed by atoms with van der Waals surface area (Å²) in [5.41, 5.74) is 7.51. The molecule has 4 nitrogen and oxygen atoms in total. The standard InChI is InChI=1S/C16H17FN2O2/c1-20-14-6-2-11(3-7-14)9-21-10-12-4-5-13(17)8-15(12)16(18)19/h2-8H,9-10H2,1H3,(H3,18,19). The number of halogens is 1. The number of nitrogens with two attached hydrogens (primary N) is 1. The Morgan fingerprint density at radius 1 is 1.14 bits per heavy atom. The summed E-state index contributed by atoms with van der Waals surface area (Å²) in [6.07, 6.45) is 0. The van der Waals surface area contributed by atoms with E-state index in [0.29, 0.717) is 17.7 Å². The van der Waals surface area contributed by atoms with Crippen LogP contribution in [0.3, 0.4) is 0 Å². The van der Waals surface area contributed by atoms with Gasteiger partial charge in [0, 0.05) is 5.56 Å². The van der Waals surface area contributed by atoms with Crippen LogP contribution in [0.4, 0.5) is 4.39 Å². The number of methoxy groups -OCH3 is 1. The highest BCUT2D eigenvalue weighted by atomic mass is 19.1. The summed E-state index contributed by atoms with van der Waals surface area (Å²) in [5.74, 6) is 0.202. The smallest absolute Gasteiger partial charge is 0.123 e. The predicted molar refractivity (Wildman–Crippen MR) is 78.9 cm³/mol. The summed E-state index contributed by atoms with van der Waals surface area (Å²) in [5, 5.41) is 7.46. The van der Waals surface area contributed by atoms with Gasteiger partial charge in [0.05, 0.1) is 20.3 Å². The summed E-state index contributed by atoms with van der Waals surface area (Å²) in [6.45, 7) is 0.680. The van der Waals surface area contributed by atoms with Crippen LogP contribution in [-0.4, -0.2) is 12.9 Å². The first-order chi connectivity index (χ1) is 10.1. The molecule has 21 heavy (non-hydrogen) atoms. The van der Waals surface area contributed by atoms with E-state index in [1.54, 1.807) is 13.2 Å². The normalized spacial score (nSPS) is 10.4. The molecular weight excluding hydrogens is 271 g/mol. The molecule has 0 bridgehead atoms. The Bertz CT molecular complexity index is 627. The number of hydrogen-bond donors (Lipinski definition) is 2. The highest BCUT2D eigenvalue weighted by Gasteiger charge is 2.07. The fourth-order valence-corrected chi connectivity index (χ4v) is 1.93. The first-order valence-electron chi connectivity index (χ1n) is 6.43. The van der Waals surface area contributed by atoms with Crippen LogP contribution in [0.5, 0.6) is 5.75 Å². The highest BCUT2D eigenvalue weighted by molar-refractivity contribution is 5.96. The van der Waals surface area contributed by atoms with E-state index in [1.807, 2.05) is 24.3 Å². The Hall–Kier alpha value is -2.40. The van der Waals surface area contributed by atoms with Crippen LogP contribution in [0.1, 0.15) is 16.7 Å². The first-order valence-corrected chi connectivity index (χ1v) is 6.43. The third-order valence-electron chi connectivity index (χ3n) is 3.05. The lowest BCUT2D eigenvalue weighted by Gasteiger charge is -2.10. The largest absolute Gasteiger partial charge is 0.497 e. The molecule has 2 aromatic carbocycles. The SMILES string of the molecule is COc1ccc(COCc2ccc(F)cc2C(=N)N)cc1. The number of ether oxygens (including phenoxy) is 2. The molecule has 0 amide bonds. The van der Waals surface area contributed by atoms with Crippen molar-refractivity contribution < 1.29 is 13.9 Å². The monoisotopic (exact) mass is 288 g/mol. The molecule has 0 aliphatic carbocycles. The molecule has 0 heterocycles. The second kappa shape index (κ2) is 6.85. The Balaban J connectivity index is 1.98. The van der Waals surface area contributed by atoms with Crippen molar-refractivity contribution in [1.29, 1.82) is 5.41 Å². The van der Waals surface area contributed by atoms with Gasteiger partial charge in [-0.15, -0.1) is 0 Å². The molecule has 5 heteroatoms. The number of amidine groups is 1. The summed E-state index contributed by atoms with van der Waals surface area (Å²) in [6, 6.07) is 11.7. The van der Waals surface area contributed by atoms with Crippen molar-refractivity contribution >= 4 is 5.84 Å². The van der Waals surface area contributed by atoms with Gasteiger partial charge in [0.1, 0.15) is 17.4 Å². The van der Waals surface area contributed by atoms with Crippen molar-refractivity contribution in [1.82, 2.24) is 0 Å². The van der Waals surface area contributed by atoms with Crippen molar-refractivity contribution in [2.75, 3.05) is 7.11 Å². The molecule has 0 aliphatic heterocycles. The number of rotatable bonds is 6. The van der Waals surface area contributed by atoms with Gasteiger partial charge >= 0.3 is 0 Å². The van der Waals surface area contributed by atoms with Crippen molar-refractivity contribution in [2.24, 2.45) is 5.73 Å². The van der Waals surface area contributed by atoms with Gasteiger partial charge in [0.25, 0.3) is 0 Å². The quantitative estimate of drug-likeness (QED) is 0.634. The van der Waals surface area contributed by atoms with Crippen LogP contribution in [0.2, 0.25) is 0 Å². The van der Waals surface area contributed by atoms with E-state index >= 15 is 0 Å². The van der Waals surface area contributed by atoms with E-state index in [1.165, 1.54) is 12.1 Å². The number of hydrogen-bond acceptors (Lipinski definition) is 3. The number of nitrogen functional groups attached to an aromatic ring is 1. The van der Waals surface area contributed by atoms with Gasteiger partial charge in [0.2, 0.25) is 0 Å². The molecule has 3 N–H and O–H groups in total. The summed E-state index contributed by atoms with van der Waals surface area (Å²) in [4.78, 5) is 0. The average Bonchev–Trinajstić information content (AvgIpc) is 2.49. The van der Waals surface area contributed by atoms with Gasteiger partial charge in [-0.3, -0.25) is 5.41 Å². The Kier molecular flexibility index (Phi) is 4.90. The van der Waals surface area contributed by atoms with Gasteiger partial charge in [-0.25, -0.2) is 4.39 Å². The zero-order chi connectivity index (χ0) is 15.2. The molecular formula is C16H17FN2O2. The molecule has 0 radical (unpaired) electrons. The molecule has 0 saturated heterocycles. The minimum Gasteiger partial charge on any atom is -0.497 e. The van der Waals surface area contributed by atoms with E-state index in [4.69, 9.17) is 20.6 Å². The van der Waals surface area contributed by atoms with Crippen molar-refractivity contribution in [2.45, 2.75) is 13.2 Å². The maximum atomic E-state index is 13.2. The van der Waals surface area contributed by atoms with Crippen LogP contribution < -0.4 is 10.5 Å². The third-order valence-corrected chi connectivity index (χ3v) is 3.05.